The van der Waals surface area contributed by atoms with Gasteiger partial charge < -0.3 is 0 Å². The number of nitrogens with zero attached hydrogens (tertiary/aromatic N) is 1. The van der Waals surface area contributed by atoms with Crippen LogP contribution < -0.4 is 0 Å². The highest BCUT2D eigenvalue weighted by atomic mass is 32.1. The molecule has 0 aliphatic heterocycles. The predicted molar refractivity (Wildman–Crippen MR) is 75.1 cm³/mol. The Balaban J connectivity index is 2.38. The van der Waals surface area contributed by atoms with Crippen molar-refractivity contribution in [1.82, 2.24) is 4.98 Å². The van der Waals surface area contributed by atoms with Crippen LogP contribution >= 0.6 is 11.3 Å². The van der Waals surface area contributed by atoms with Gasteiger partial charge in [-0.05, 0) is 24.6 Å². The minimum atomic E-state index is 0.0943. The van der Waals surface area contributed by atoms with Gasteiger partial charge in [-0.2, -0.15) is 0 Å². The molecule has 0 saturated heterocycles. The van der Waals surface area contributed by atoms with Crippen molar-refractivity contribution in [3.63, 3.8) is 0 Å². The highest BCUT2D eigenvalue weighted by Gasteiger charge is 2.17. The summed E-state index contributed by atoms with van der Waals surface area (Å²) in [6.45, 7) is 1.61. The van der Waals surface area contributed by atoms with Crippen molar-refractivity contribution in [2.24, 2.45) is 0 Å². The maximum Gasteiger partial charge on any atom is 0.170 e. The summed E-state index contributed by atoms with van der Waals surface area (Å²) in [4.78, 5) is 17.8. The smallest absolute Gasteiger partial charge is 0.170 e. The Labute approximate surface area is 109 Å². The molecule has 0 saturated carbocycles. The maximum atomic E-state index is 11.8. The van der Waals surface area contributed by atoms with E-state index in [2.05, 4.69) is 4.98 Å². The van der Waals surface area contributed by atoms with Gasteiger partial charge in [0.1, 0.15) is 4.83 Å². The Morgan fingerprint density at radius 3 is 2.61 bits per heavy atom. The maximum absolute atomic E-state index is 11.8. The van der Waals surface area contributed by atoms with Crippen LogP contribution in [0.5, 0.6) is 0 Å². The zero-order valence-electron chi connectivity index (χ0n) is 9.88. The number of carbonyl (C=O) groups is 1. The zero-order valence-corrected chi connectivity index (χ0v) is 10.7. The van der Waals surface area contributed by atoms with E-state index in [0.29, 0.717) is 0 Å². The van der Waals surface area contributed by atoms with Crippen LogP contribution in [0.3, 0.4) is 0 Å². The van der Waals surface area contributed by atoms with E-state index < -0.39 is 0 Å². The van der Waals surface area contributed by atoms with Crippen LogP contribution in [-0.4, -0.2) is 10.8 Å². The Morgan fingerprint density at radius 2 is 1.89 bits per heavy atom. The van der Waals surface area contributed by atoms with Crippen molar-refractivity contribution < 1.29 is 4.79 Å². The highest BCUT2D eigenvalue weighted by Crippen LogP contribution is 2.37. The second-order valence-corrected chi connectivity index (χ2v) is 5.08. The number of hydrogen-bond donors (Lipinski definition) is 0. The number of Topliss-reactive ketones (excluding diaryl/α,β-unsaturated/α-hetero) is 1. The molecule has 3 aromatic rings. The normalized spacial score (nSPS) is 10.7. The summed E-state index contributed by atoms with van der Waals surface area (Å²) in [5, 5.41) is 1.05. The van der Waals surface area contributed by atoms with Gasteiger partial charge in [-0.3, -0.25) is 4.79 Å². The molecule has 0 fully saturated rings. The van der Waals surface area contributed by atoms with Gasteiger partial charge in [-0.25, -0.2) is 4.98 Å². The summed E-state index contributed by atoms with van der Waals surface area (Å²) in [7, 11) is 0. The van der Waals surface area contributed by atoms with Crippen LogP contribution in [0.15, 0.2) is 48.7 Å². The second-order valence-electron chi connectivity index (χ2n) is 4.08. The predicted octanol–water partition coefficient (Wildman–Crippen LogP) is 4.17. The van der Waals surface area contributed by atoms with E-state index in [-0.39, 0.29) is 5.78 Å². The largest absolute Gasteiger partial charge is 0.294 e. The van der Waals surface area contributed by atoms with Crippen molar-refractivity contribution in [2.45, 2.75) is 6.92 Å². The SMILES string of the molecule is CC(=O)c1sc2ncccc2c1-c1ccccc1. The number of fused-ring (bicyclic) bond motifs is 1. The molecule has 0 aliphatic carbocycles. The van der Waals surface area contributed by atoms with E-state index in [1.807, 2.05) is 42.5 Å². The molecule has 0 aliphatic rings. The van der Waals surface area contributed by atoms with Gasteiger partial charge >= 0.3 is 0 Å². The molecule has 0 bridgehead atoms. The molecular weight excluding hydrogens is 242 g/mol. The molecule has 18 heavy (non-hydrogen) atoms. The van der Waals surface area contributed by atoms with Crippen LogP contribution in [0.2, 0.25) is 0 Å². The van der Waals surface area contributed by atoms with Gasteiger partial charge in [0, 0.05) is 17.1 Å². The molecule has 2 heterocycles. The van der Waals surface area contributed by atoms with Gasteiger partial charge in [0.2, 0.25) is 0 Å². The van der Waals surface area contributed by atoms with Gasteiger partial charge in [-0.15, -0.1) is 11.3 Å². The van der Waals surface area contributed by atoms with Crippen LogP contribution in [0.25, 0.3) is 21.3 Å². The standard InChI is InChI=1S/C15H11NOS/c1-10(17)14-13(11-6-3-2-4-7-11)12-8-5-9-16-15(12)18-14/h2-9H,1H3. The monoisotopic (exact) mass is 253 g/mol. The highest BCUT2D eigenvalue weighted by molar-refractivity contribution is 7.21. The minimum absolute atomic E-state index is 0.0943. The van der Waals surface area contributed by atoms with Crippen LogP contribution in [-0.2, 0) is 0 Å². The number of benzene rings is 1. The van der Waals surface area contributed by atoms with Gasteiger partial charge in [0.05, 0.1) is 4.88 Å². The summed E-state index contributed by atoms with van der Waals surface area (Å²) in [6, 6.07) is 13.9. The zero-order chi connectivity index (χ0) is 12.5. The molecule has 0 spiro atoms. The molecule has 0 amide bonds. The second kappa shape index (κ2) is 4.35. The summed E-state index contributed by atoms with van der Waals surface area (Å²) in [5.41, 5.74) is 2.08. The molecular formula is C15H11NOS. The number of ketones is 1. The molecule has 2 aromatic heterocycles. The number of hydrogen-bond acceptors (Lipinski definition) is 3. The van der Waals surface area contributed by atoms with Crippen molar-refractivity contribution >= 4 is 27.3 Å². The van der Waals surface area contributed by atoms with Gasteiger partial charge in [-0.1, -0.05) is 30.3 Å². The number of carbonyl (C=O) groups excluding carboxylic acids is 1. The molecule has 2 nitrogen and oxygen atoms in total. The fourth-order valence-corrected chi connectivity index (χ4v) is 3.13. The van der Waals surface area contributed by atoms with Crippen LogP contribution in [0.4, 0.5) is 0 Å². The van der Waals surface area contributed by atoms with Crippen LogP contribution in [0, 0.1) is 0 Å². The first-order valence-corrected chi connectivity index (χ1v) is 6.53. The van der Waals surface area contributed by atoms with Crippen molar-refractivity contribution in [3.05, 3.63) is 53.5 Å². The third-order valence-electron chi connectivity index (χ3n) is 2.85. The van der Waals surface area contributed by atoms with E-state index in [0.717, 1.165) is 26.2 Å². The summed E-state index contributed by atoms with van der Waals surface area (Å²) < 4.78 is 0. The first-order valence-electron chi connectivity index (χ1n) is 5.71. The number of aromatic nitrogens is 1. The molecule has 0 N–H and O–H groups in total. The average molecular weight is 253 g/mol. The van der Waals surface area contributed by atoms with E-state index in [4.69, 9.17) is 0 Å². The van der Waals surface area contributed by atoms with E-state index in [9.17, 15) is 4.79 Å². The molecule has 0 radical (unpaired) electrons. The van der Waals surface area contributed by atoms with E-state index >= 15 is 0 Å². The summed E-state index contributed by atoms with van der Waals surface area (Å²) in [5.74, 6) is 0.0943. The van der Waals surface area contributed by atoms with E-state index in [1.54, 1.807) is 13.1 Å². The lowest BCUT2D eigenvalue weighted by molar-refractivity contribution is 0.102. The lowest BCUT2D eigenvalue weighted by atomic mass is 10.0. The molecule has 88 valence electrons. The van der Waals surface area contributed by atoms with Crippen molar-refractivity contribution in [1.29, 1.82) is 0 Å². The third kappa shape index (κ3) is 1.73. The van der Waals surface area contributed by atoms with Crippen molar-refractivity contribution in [3.8, 4) is 11.1 Å². The fourth-order valence-electron chi connectivity index (χ4n) is 2.07. The number of rotatable bonds is 2. The van der Waals surface area contributed by atoms with E-state index in [1.165, 1.54) is 11.3 Å². The fraction of sp³-hybridized carbons (Fsp3) is 0.0667. The molecule has 3 heteroatoms. The summed E-state index contributed by atoms with van der Waals surface area (Å²) in [6.07, 6.45) is 1.76. The Kier molecular flexibility index (Phi) is 2.68. The van der Waals surface area contributed by atoms with Crippen LogP contribution in [0.1, 0.15) is 16.6 Å². The molecule has 0 atom stereocenters. The Bertz CT molecular complexity index is 716. The molecule has 1 aromatic carbocycles. The Hall–Kier alpha value is -2.00. The quantitative estimate of drug-likeness (QED) is 0.642. The average Bonchev–Trinajstić information content (AvgIpc) is 2.79. The summed E-state index contributed by atoms with van der Waals surface area (Å²) >= 11 is 1.47. The number of thiophene rings is 1. The lowest BCUT2D eigenvalue weighted by Crippen LogP contribution is -1.90. The topological polar surface area (TPSA) is 30.0 Å². The Morgan fingerprint density at radius 1 is 1.11 bits per heavy atom. The third-order valence-corrected chi connectivity index (χ3v) is 4.06. The minimum Gasteiger partial charge on any atom is -0.294 e. The molecule has 3 rings (SSSR count). The first-order chi connectivity index (χ1) is 8.77. The number of pyridine rings is 1. The molecule has 0 unspecified atom stereocenters. The lowest BCUT2D eigenvalue weighted by Gasteiger charge is -2.02. The first kappa shape index (κ1) is 11.1. The van der Waals surface area contributed by atoms with Gasteiger partial charge in [0.15, 0.2) is 5.78 Å². The van der Waals surface area contributed by atoms with Gasteiger partial charge in [0.25, 0.3) is 0 Å². The van der Waals surface area contributed by atoms with Crippen molar-refractivity contribution in [2.75, 3.05) is 0 Å².